The Kier molecular flexibility index (Phi) is 6.54. The van der Waals surface area contributed by atoms with Crippen molar-refractivity contribution in [3.63, 3.8) is 0 Å². The van der Waals surface area contributed by atoms with Crippen LogP contribution >= 0.6 is 24.2 Å². The minimum Gasteiger partial charge on any atom is -0.324 e. The van der Waals surface area contributed by atoms with Crippen LogP contribution in [-0.4, -0.2) is 30.0 Å². The number of benzene rings is 1. The highest BCUT2D eigenvalue weighted by Gasteiger charge is 2.17. The molecule has 1 amide bonds. The number of rotatable bonds is 3. The maximum atomic E-state index is 13.3. The number of hydrogen-bond acceptors (Lipinski definition) is 3. The predicted octanol–water partition coefficient (Wildman–Crippen LogP) is 2.42. The lowest BCUT2D eigenvalue weighted by molar-refractivity contribution is -0.116. The van der Waals surface area contributed by atoms with Gasteiger partial charge in [-0.2, -0.15) is 11.8 Å². The van der Waals surface area contributed by atoms with E-state index in [1.807, 2.05) is 0 Å². The quantitative estimate of drug-likeness (QED) is 0.901. The first-order valence-corrected chi connectivity index (χ1v) is 6.86. The molecule has 0 saturated carbocycles. The first kappa shape index (κ1) is 16.2. The van der Waals surface area contributed by atoms with Crippen LogP contribution in [0.3, 0.4) is 0 Å². The number of carbonyl (C=O) groups is 1. The zero-order valence-corrected chi connectivity index (χ0v) is 11.8. The van der Waals surface area contributed by atoms with Crippen molar-refractivity contribution in [1.82, 2.24) is 5.32 Å². The molecule has 2 N–H and O–H groups in total. The summed E-state index contributed by atoms with van der Waals surface area (Å²) in [6, 6.07) is 3.22. The molecule has 0 aromatic heterocycles. The van der Waals surface area contributed by atoms with Crippen LogP contribution in [0.25, 0.3) is 0 Å². The number of nitrogens with one attached hydrogen (secondary N) is 2. The summed E-state index contributed by atoms with van der Waals surface area (Å²) in [6.07, 6.45) is 0.295. The number of halogens is 3. The van der Waals surface area contributed by atoms with E-state index >= 15 is 0 Å². The second-order valence-electron chi connectivity index (χ2n) is 4.10. The molecule has 19 heavy (non-hydrogen) atoms. The van der Waals surface area contributed by atoms with E-state index in [2.05, 4.69) is 10.6 Å². The third-order valence-corrected chi connectivity index (χ3v) is 3.77. The molecule has 1 heterocycles. The minimum atomic E-state index is -0.755. The minimum absolute atomic E-state index is 0. The summed E-state index contributed by atoms with van der Waals surface area (Å²) in [7, 11) is 0. The molecule has 1 fully saturated rings. The summed E-state index contributed by atoms with van der Waals surface area (Å²) in [5, 5.41) is 5.68. The van der Waals surface area contributed by atoms with Crippen LogP contribution in [0.15, 0.2) is 18.2 Å². The Hall–Kier alpha value is -0.850. The van der Waals surface area contributed by atoms with Gasteiger partial charge in [0.05, 0.1) is 5.69 Å². The van der Waals surface area contributed by atoms with Gasteiger partial charge in [0.15, 0.2) is 0 Å². The van der Waals surface area contributed by atoms with Crippen LogP contribution in [0.1, 0.15) is 6.42 Å². The average molecular weight is 309 g/mol. The Morgan fingerprint density at radius 1 is 1.47 bits per heavy atom. The molecule has 1 aromatic carbocycles. The monoisotopic (exact) mass is 308 g/mol. The molecular formula is C12H15ClF2N2OS. The SMILES string of the molecule is Cl.O=C(CC1CSCCN1)Nc1ccc(F)cc1F. The lowest BCUT2D eigenvalue weighted by Crippen LogP contribution is -2.39. The maximum absolute atomic E-state index is 13.3. The van der Waals surface area contributed by atoms with Crippen molar-refractivity contribution >= 4 is 35.8 Å². The third kappa shape index (κ3) is 4.97. The van der Waals surface area contributed by atoms with Gasteiger partial charge in [-0.3, -0.25) is 4.79 Å². The molecule has 7 heteroatoms. The topological polar surface area (TPSA) is 41.1 Å². The molecule has 1 aromatic rings. The van der Waals surface area contributed by atoms with Gasteiger partial charge in [0, 0.05) is 36.6 Å². The van der Waals surface area contributed by atoms with Gasteiger partial charge < -0.3 is 10.6 Å². The molecule has 0 bridgehead atoms. The predicted molar refractivity (Wildman–Crippen MR) is 76.0 cm³/mol. The molecule has 1 atom stereocenters. The van der Waals surface area contributed by atoms with Gasteiger partial charge in [0.25, 0.3) is 0 Å². The molecule has 0 aliphatic carbocycles. The molecule has 0 radical (unpaired) electrons. The van der Waals surface area contributed by atoms with E-state index in [0.29, 0.717) is 6.42 Å². The summed E-state index contributed by atoms with van der Waals surface area (Å²) in [6.45, 7) is 0.882. The number of anilines is 1. The normalized spacial score (nSPS) is 18.5. The van der Waals surface area contributed by atoms with Crippen LogP contribution in [0.4, 0.5) is 14.5 Å². The highest BCUT2D eigenvalue weighted by atomic mass is 35.5. The summed E-state index contributed by atoms with van der Waals surface area (Å²) in [5.74, 6) is 0.245. The van der Waals surface area contributed by atoms with Gasteiger partial charge in [-0.05, 0) is 12.1 Å². The van der Waals surface area contributed by atoms with E-state index in [1.165, 1.54) is 6.07 Å². The number of amides is 1. The van der Waals surface area contributed by atoms with Gasteiger partial charge >= 0.3 is 0 Å². The third-order valence-electron chi connectivity index (χ3n) is 2.64. The molecular weight excluding hydrogens is 294 g/mol. The van der Waals surface area contributed by atoms with Crippen LogP contribution in [0.2, 0.25) is 0 Å². The fourth-order valence-electron chi connectivity index (χ4n) is 1.77. The van der Waals surface area contributed by atoms with E-state index in [1.54, 1.807) is 11.8 Å². The maximum Gasteiger partial charge on any atom is 0.226 e. The van der Waals surface area contributed by atoms with Gasteiger partial charge in [-0.15, -0.1) is 12.4 Å². The van der Waals surface area contributed by atoms with Gasteiger partial charge in [0.2, 0.25) is 5.91 Å². The highest BCUT2D eigenvalue weighted by Crippen LogP contribution is 2.16. The van der Waals surface area contributed by atoms with E-state index in [9.17, 15) is 13.6 Å². The summed E-state index contributed by atoms with van der Waals surface area (Å²) in [5.41, 5.74) is 0.0184. The lowest BCUT2D eigenvalue weighted by Gasteiger charge is -2.22. The van der Waals surface area contributed by atoms with E-state index < -0.39 is 11.6 Å². The zero-order chi connectivity index (χ0) is 13.0. The van der Waals surface area contributed by atoms with Crippen molar-refractivity contribution in [1.29, 1.82) is 0 Å². The van der Waals surface area contributed by atoms with E-state index in [-0.39, 0.29) is 30.0 Å². The highest BCUT2D eigenvalue weighted by molar-refractivity contribution is 7.99. The van der Waals surface area contributed by atoms with E-state index in [4.69, 9.17) is 0 Å². The van der Waals surface area contributed by atoms with Crippen LogP contribution in [0.5, 0.6) is 0 Å². The second-order valence-corrected chi connectivity index (χ2v) is 5.25. The zero-order valence-electron chi connectivity index (χ0n) is 10.1. The molecule has 106 valence electrons. The van der Waals surface area contributed by atoms with Crippen molar-refractivity contribution in [2.24, 2.45) is 0 Å². The average Bonchev–Trinajstić information content (AvgIpc) is 2.34. The Labute approximate surface area is 120 Å². The lowest BCUT2D eigenvalue weighted by atomic mass is 10.2. The van der Waals surface area contributed by atoms with Crippen LogP contribution in [-0.2, 0) is 4.79 Å². The fourth-order valence-corrected chi connectivity index (χ4v) is 2.72. The van der Waals surface area contributed by atoms with Gasteiger partial charge in [0.1, 0.15) is 11.6 Å². The molecule has 1 aliphatic rings. The fraction of sp³-hybridized carbons (Fsp3) is 0.417. The van der Waals surface area contributed by atoms with Gasteiger partial charge in [-0.25, -0.2) is 8.78 Å². The van der Waals surface area contributed by atoms with Crippen LogP contribution in [0, 0.1) is 11.6 Å². The Balaban J connectivity index is 0.00000180. The second kappa shape index (κ2) is 7.67. The smallest absolute Gasteiger partial charge is 0.226 e. The van der Waals surface area contributed by atoms with E-state index in [0.717, 1.165) is 30.2 Å². The van der Waals surface area contributed by atoms with Crippen molar-refractivity contribution in [3.05, 3.63) is 29.8 Å². The molecule has 3 nitrogen and oxygen atoms in total. The van der Waals surface area contributed by atoms with Crippen molar-refractivity contribution in [3.8, 4) is 0 Å². The Bertz CT molecular complexity index is 442. The molecule has 1 unspecified atom stereocenters. The molecule has 2 rings (SSSR count). The van der Waals surface area contributed by atoms with Crippen LogP contribution < -0.4 is 10.6 Å². The van der Waals surface area contributed by atoms with Crippen molar-refractivity contribution < 1.29 is 13.6 Å². The molecule has 1 saturated heterocycles. The Morgan fingerprint density at radius 2 is 2.26 bits per heavy atom. The van der Waals surface area contributed by atoms with Crippen molar-refractivity contribution in [2.45, 2.75) is 12.5 Å². The standard InChI is InChI=1S/C12H14F2N2OS.ClH/c13-8-1-2-11(10(14)5-8)16-12(17)6-9-7-18-4-3-15-9;/h1-2,5,9,15H,3-4,6-7H2,(H,16,17);1H. The largest absolute Gasteiger partial charge is 0.324 e. The Morgan fingerprint density at radius 3 is 2.89 bits per heavy atom. The first-order valence-electron chi connectivity index (χ1n) is 5.71. The van der Waals surface area contributed by atoms with Gasteiger partial charge in [-0.1, -0.05) is 0 Å². The number of hydrogen-bond donors (Lipinski definition) is 2. The molecule has 1 aliphatic heterocycles. The summed E-state index contributed by atoms with van der Waals surface area (Å²) < 4.78 is 26.0. The molecule has 0 spiro atoms. The first-order chi connectivity index (χ1) is 8.65. The summed E-state index contributed by atoms with van der Waals surface area (Å²) >= 11 is 1.79. The van der Waals surface area contributed by atoms with Crippen molar-refractivity contribution in [2.75, 3.05) is 23.4 Å². The number of carbonyl (C=O) groups excluding carboxylic acids is 1. The summed E-state index contributed by atoms with van der Waals surface area (Å²) in [4.78, 5) is 11.7. The number of thioether (sulfide) groups is 1.